The highest BCUT2D eigenvalue weighted by atomic mass is 19.4. The van der Waals surface area contributed by atoms with Gasteiger partial charge in [-0.2, -0.15) is 22.0 Å². The minimum Gasteiger partial charge on any atom is -0.388 e. The lowest BCUT2D eigenvalue weighted by atomic mass is 9.94. The molecule has 0 saturated carbocycles. The van der Waals surface area contributed by atoms with Crippen molar-refractivity contribution >= 4 is 0 Å². The topological polar surface area (TPSA) is 32.3 Å². The van der Waals surface area contributed by atoms with Crippen molar-refractivity contribution in [2.24, 2.45) is 0 Å². The minimum absolute atomic E-state index is 0.0847. The smallest absolute Gasteiger partial charge is 0.388 e. The van der Waals surface area contributed by atoms with E-state index in [9.17, 15) is 27.1 Å². The number of hydrogen-bond donors (Lipinski definition) is 2. The summed E-state index contributed by atoms with van der Waals surface area (Å²) < 4.78 is 60.4. The molecule has 0 bridgehead atoms. The Balaban J connectivity index is 2.67. The molecule has 0 spiro atoms. The summed E-state index contributed by atoms with van der Waals surface area (Å²) in [7, 11) is 0. The molecule has 1 rings (SSSR count). The van der Waals surface area contributed by atoms with E-state index in [0.717, 1.165) is 0 Å². The van der Waals surface area contributed by atoms with Crippen molar-refractivity contribution in [1.29, 1.82) is 0 Å². The number of hydrogen-bond acceptors (Lipinski definition) is 2. The maximum absolute atomic E-state index is 12.5. The van der Waals surface area contributed by atoms with Crippen LogP contribution in [0.5, 0.6) is 0 Å². The fourth-order valence-electron chi connectivity index (χ4n) is 1.39. The van der Waals surface area contributed by atoms with Crippen LogP contribution in [0.4, 0.5) is 22.0 Å². The first-order valence-corrected chi connectivity index (χ1v) is 4.04. The molecule has 1 fully saturated rings. The summed E-state index contributed by atoms with van der Waals surface area (Å²) in [6.07, 6.45) is -7.25. The van der Waals surface area contributed by atoms with E-state index in [1.54, 1.807) is 0 Å². The fraction of sp³-hybridized carbons (Fsp3) is 1.00. The van der Waals surface area contributed by atoms with Crippen LogP contribution in [0.3, 0.4) is 0 Å². The van der Waals surface area contributed by atoms with Gasteiger partial charge in [0.05, 0.1) is 12.0 Å². The Bertz CT molecular complexity index is 209. The van der Waals surface area contributed by atoms with E-state index >= 15 is 0 Å². The highest BCUT2D eigenvalue weighted by molar-refractivity contribution is 4.94. The molecule has 0 aromatic rings. The molecule has 0 aromatic carbocycles. The molecule has 1 unspecified atom stereocenters. The van der Waals surface area contributed by atoms with E-state index in [-0.39, 0.29) is 19.5 Å². The van der Waals surface area contributed by atoms with Crippen molar-refractivity contribution in [2.45, 2.75) is 30.5 Å². The first kappa shape index (κ1) is 11.6. The minimum atomic E-state index is -5.59. The van der Waals surface area contributed by atoms with Gasteiger partial charge in [0.25, 0.3) is 0 Å². The van der Waals surface area contributed by atoms with Crippen molar-refractivity contribution in [1.82, 2.24) is 5.32 Å². The largest absolute Gasteiger partial charge is 0.453 e. The standard InChI is InChI=1S/C7H10F5NO/c8-6(9,7(10,11)12)3-5(14)1-2-13-4-5/h13-14H,1-4H2. The Morgan fingerprint density at radius 3 is 2.14 bits per heavy atom. The van der Waals surface area contributed by atoms with Crippen LogP contribution in [-0.2, 0) is 0 Å². The summed E-state index contributed by atoms with van der Waals surface area (Å²) in [5.74, 6) is -4.83. The fourth-order valence-corrected chi connectivity index (χ4v) is 1.39. The van der Waals surface area contributed by atoms with Gasteiger partial charge in [0, 0.05) is 6.54 Å². The molecular weight excluding hydrogens is 209 g/mol. The van der Waals surface area contributed by atoms with Crippen LogP contribution < -0.4 is 5.32 Å². The van der Waals surface area contributed by atoms with E-state index in [1.807, 2.05) is 0 Å². The average molecular weight is 219 g/mol. The summed E-state index contributed by atoms with van der Waals surface area (Å²) >= 11 is 0. The second kappa shape index (κ2) is 3.30. The maximum Gasteiger partial charge on any atom is 0.453 e. The molecule has 0 amide bonds. The van der Waals surface area contributed by atoms with Crippen molar-refractivity contribution in [3.05, 3.63) is 0 Å². The summed E-state index contributed by atoms with van der Waals surface area (Å²) in [6, 6.07) is 0. The highest BCUT2D eigenvalue weighted by Gasteiger charge is 2.60. The second-order valence-electron chi connectivity index (χ2n) is 3.53. The van der Waals surface area contributed by atoms with E-state index < -0.39 is 24.1 Å². The maximum atomic E-state index is 12.5. The summed E-state index contributed by atoms with van der Waals surface area (Å²) in [5, 5.41) is 11.9. The van der Waals surface area contributed by atoms with Crippen LogP contribution in [0.2, 0.25) is 0 Å². The molecule has 14 heavy (non-hydrogen) atoms. The third-order valence-corrected chi connectivity index (χ3v) is 2.19. The monoisotopic (exact) mass is 219 g/mol. The zero-order valence-electron chi connectivity index (χ0n) is 7.17. The van der Waals surface area contributed by atoms with Crippen LogP contribution in [0.15, 0.2) is 0 Å². The van der Waals surface area contributed by atoms with E-state index in [4.69, 9.17) is 0 Å². The molecule has 2 N–H and O–H groups in total. The molecule has 1 aliphatic rings. The Hall–Kier alpha value is -0.430. The molecule has 0 aromatic heterocycles. The number of aliphatic hydroxyl groups is 1. The van der Waals surface area contributed by atoms with E-state index in [0.29, 0.717) is 0 Å². The van der Waals surface area contributed by atoms with Crippen LogP contribution in [0, 0.1) is 0 Å². The van der Waals surface area contributed by atoms with E-state index in [2.05, 4.69) is 5.32 Å². The van der Waals surface area contributed by atoms with Crippen molar-refractivity contribution in [3.8, 4) is 0 Å². The molecular formula is C7H10F5NO. The average Bonchev–Trinajstić information content (AvgIpc) is 2.31. The van der Waals surface area contributed by atoms with Gasteiger partial charge in [0.1, 0.15) is 0 Å². The first-order chi connectivity index (χ1) is 6.16. The molecule has 1 saturated heterocycles. The Morgan fingerprint density at radius 2 is 1.79 bits per heavy atom. The number of rotatable bonds is 2. The number of nitrogens with one attached hydrogen (secondary N) is 1. The van der Waals surface area contributed by atoms with Gasteiger partial charge in [-0.15, -0.1) is 0 Å². The number of β-amino-alcohol motifs (C(OH)–C–C–N with tert-alkyl or cyclic N) is 1. The zero-order valence-corrected chi connectivity index (χ0v) is 7.17. The third-order valence-electron chi connectivity index (χ3n) is 2.19. The lowest BCUT2D eigenvalue weighted by molar-refractivity contribution is -0.295. The van der Waals surface area contributed by atoms with Crippen LogP contribution >= 0.6 is 0 Å². The molecule has 1 heterocycles. The van der Waals surface area contributed by atoms with Gasteiger partial charge in [0.15, 0.2) is 0 Å². The molecule has 1 aliphatic heterocycles. The van der Waals surface area contributed by atoms with Crippen molar-refractivity contribution in [2.75, 3.05) is 13.1 Å². The van der Waals surface area contributed by atoms with Gasteiger partial charge in [-0.05, 0) is 13.0 Å². The highest BCUT2D eigenvalue weighted by Crippen LogP contribution is 2.42. The SMILES string of the molecule is OC1(CC(F)(F)C(F)(F)F)CCNC1. The summed E-state index contributed by atoms with van der Waals surface area (Å²) in [6.45, 7) is 0.0309. The Labute approximate surface area is 77.1 Å². The van der Waals surface area contributed by atoms with Gasteiger partial charge in [-0.3, -0.25) is 0 Å². The van der Waals surface area contributed by atoms with Gasteiger partial charge >= 0.3 is 12.1 Å². The summed E-state index contributed by atoms with van der Waals surface area (Å²) in [4.78, 5) is 0. The molecule has 0 radical (unpaired) electrons. The van der Waals surface area contributed by atoms with E-state index in [1.165, 1.54) is 0 Å². The lowest BCUT2D eigenvalue weighted by Gasteiger charge is -2.28. The quantitative estimate of drug-likeness (QED) is 0.686. The second-order valence-corrected chi connectivity index (χ2v) is 3.53. The third kappa shape index (κ3) is 2.33. The van der Waals surface area contributed by atoms with Crippen LogP contribution in [0.25, 0.3) is 0 Å². The molecule has 84 valence electrons. The number of halogens is 5. The van der Waals surface area contributed by atoms with Crippen molar-refractivity contribution < 1.29 is 27.1 Å². The molecule has 2 nitrogen and oxygen atoms in total. The number of alkyl halides is 5. The Morgan fingerprint density at radius 1 is 1.21 bits per heavy atom. The van der Waals surface area contributed by atoms with Gasteiger partial charge in [0.2, 0.25) is 0 Å². The van der Waals surface area contributed by atoms with Gasteiger partial charge < -0.3 is 10.4 Å². The lowest BCUT2D eigenvalue weighted by Crippen LogP contribution is -2.46. The predicted octanol–water partition coefficient (Wildman–Crippen LogP) is 1.30. The Kier molecular flexibility index (Phi) is 2.75. The van der Waals surface area contributed by atoms with Crippen LogP contribution in [0.1, 0.15) is 12.8 Å². The first-order valence-electron chi connectivity index (χ1n) is 4.04. The van der Waals surface area contributed by atoms with Crippen LogP contribution in [-0.4, -0.2) is 35.9 Å². The van der Waals surface area contributed by atoms with Gasteiger partial charge in [-0.25, -0.2) is 0 Å². The molecule has 7 heteroatoms. The summed E-state index contributed by atoms with van der Waals surface area (Å²) in [5.41, 5.74) is -1.95. The predicted molar refractivity (Wildman–Crippen MR) is 38.1 cm³/mol. The normalized spacial score (nSPS) is 29.6. The zero-order chi connectivity index (χ0) is 11.0. The molecule has 1 atom stereocenters. The van der Waals surface area contributed by atoms with Crippen molar-refractivity contribution in [3.63, 3.8) is 0 Å². The van der Waals surface area contributed by atoms with Gasteiger partial charge in [-0.1, -0.05) is 0 Å². The molecule has 0 aliphatic carbocycles.